The molecular formula is C18H15F9O4S2. The molecule has 0 aromatic heterocycles. The molecule has 2 unspecified atom stereocenters. The van der Waals surface area contributed by atoms with Gasteiger partial charge in [-0.3, -0.25) is 0 Å². The zero-order valence-electron chi connectivity index (χ0n) is 16.2. The van der Waals surface area contributed by atoms with Gasteiger partial charge in [-0.05, 0) is 22.4 Å². The molecule has 0 amide bonds. The number of hydrogen-bond donors (Lipinski definition) is 0. The Bertz CT molecular complexity index is 1200. The Morgan fingerprint density at radius 1 is 0.727 bits per heavy atom. The summed E-state index contributed by atoms with van der Waals surface area (Å²) in [5.74, 6) is -1.94. The lowest BCUT2D eigenvalue weighted by Gasteiger charge is -2.27. The van der Waals surface area contributed by atoms with Crippen LogP contribution in [0.15, 0.2) is 42.5 Å². The molecule has 0 aliphatic rings. The van der Waals surface area contributed by atoms with Crippen molar-refractivity contribution in [3.05, 3.63) is 48.0 Å². The summed E-state index contributed by atoms with van der Waals surface area (Å²) in [6.45, 7) is 0. The van der Waals surface area contributed by atoms with E-state index in [4.69, 9.17) is 0 Å². The van der Waals surface area contributed by atoms with E-state index < -0.39 is 72.2 Å². The molecule has 2 rings (SSSR count). The summed E-state index contributed by atoms with van der Waals surface area (Å²) in [5, 5.41) is -3.73. The minimum atomic E-state index is -6.30. The molecular weight excluding hydrogens is 515 g/mol. The Labute approximate surface area is 182 Å². The van der Waals surface area contributed by atoms with Crippen molar-refractivity contribution in [3.63, 3.8) is 0 Å². The first-order chi connectivity index (χ1) is 14.7. The molecule has 4 nitrogen and oxygen atoms in total. The van der Waals surface area contributed by atoms with E-state index in [-0.39, 0.29) is 5.39 Å². The van der Waals surface area contributed by atoms with E-state index in [1.54, 1.807) is 0 Å². The number of sulfone groups is 2. The first-order valence-electron chi connectivity index (χ1n) is 8.87. The molecule has 2 aromatic carbocycles. The number of hydrogen-bond acceptors (Lipinski definition) is 4. The van der Waals surface area contributed by atoms with E-state index >= 15 is 0 Å². The zero-order chi connectivity index (χ0) is 25.5. The van der Waals surface area contributed by atoms with Crippen molar-refractivity contribution in [1.82, 2.24) is 0 Å². The van der Waals surface area contributed by atoms with Crippen LogP contribution in [0.3, 0.4) is 0 Å². The smallest absolute Gasteiger partial charge is 0.227 e. The maximum absolute atomic E-state index is 13.4. The van der Waals surface area contributed by atoms with Gasteiger partial charge in [-0.2, -0.15) is 39.5 Å². The van der Waals surface area contributed by atoms with Gasteiger partial charge in [-0.1, -0.05) is 36.4 Å². The summed E-state index contributed by atoms with van der Waals surface area (Å²) < 4.78 is 164. The fourth-order valence-corrected chi connectivity index (χ4v) is 8.33. The average Bonchev–Trinajstić information content (AvgIpc) is 2.62. The van der Waals surface area contributed by atoms with Gasteiger partial charge in [0.2, 0.25) is 0 Å². The van der Waals surface area contributed by atoms with Crippen LogP contribution in [0.5, 0.6) is 0 Å². The highest BCUT2D eigenvalue weighted by Gasteiger charge is 2.58. The van der Waals surface area contributed by atoms with E-state index in [1.165, 1.54) is 24.3 Å². The molecule has 0 fully saturated rings. The Morgan fingerprint density at radius 2 is 1.27 bits per heavy atom. The van der Waals surface area contributed by atoms with Gasteiger partial charge in [-0.25, -0.2) is 16.8 Å². The Morgan fingerprint density at radius 3 is 1.76 bits per heavy atom. The van der Waals surface area contributed by atoms with Crippen molar-refractivity contribution in [2.45, 2.75) is 41.2 Å². The Hall–Kier alpha value is -2.03. The zero-order valence-corrected chi connectivity index (χ0v) is 17.8. The van der Waals surface area contributed by atoms with Crippen molar-refractivity contribution in [3.8, 4) is 0 Å². The van der Waals surface area contributed by atoms with Crippen LogP contribution in [0, 0.1) is 0 Å². The van der Waals surface area contributed by atoms with Crippen LogP contribution in [0.2, 0.25) is 0 Å². The third kappa shape index (κ3) is 6.98. The van der Waals surface area contributed by atoms with Gasteiger partial charge in [0.25, 0.3) is 0 Å². The molecule has 0 bridgehead atoms. The normalized spacial score (nSPS) is 16.0. The van der Waals surface area contributed by atoms with E-state index in [9.17, 15) is 56.3 Å². The quantitative estimate of drug-likeness (QED) is 0.444. The molecule has 33 heavy (non-hydrogen) atoms. The maximum atomic E-state index is 13.4. The average molecular weight is 530 g/mol. The summed E-state index contributed by atoms with van der Waals surface area (Å²) in [6, 6.07) is 8.33. The molecule has 0 saturated carbocycles. The maximum Gasteiger partial charge on any atom is 0.405 e. The SMILES string of the molecule is O=S(=O)(CCC(F)(F)F)C(c1ccc2ccccc2c1)S(=O)(=O)C(CC(F)(F)F)C(F)(F)F. The lowest BCUT2D eigenvalue weighted by atomic mass is 10.1. The van der Waals surface area contributed by atoms with E-state index in [0.29, 0.717) is 5.39 Å². The number of rotatable bonds is 7. The predicted octanol–water partition coefficient (Wildman–Crippen LogP) is 5.50. The molecule has 0 N–H and O–H groups in total. The molecule has 15 heteroatoms. The van der Waals surface area contributed by atoms with Crippen molar-refractivity contribution in [1.29, 1.82) is 0 Å². The molecule has 0 aliphatic carbocycles. The Kier molecular flexibility index (Phi) is 7.39. The summed E-state index contributed by atoms with van der Waals surface area (Å²) >= 11 is 0. The second kappa shape index (κ2) is 8.96. The van der Waals surface area contributed by atoms with Crippen LogP contribution in [0.4, 0.5) is 39.5 Å². The summed E-state index contributed by atoms with van der Waals surface area (Å²) in [7, 11) is -11.9. The van der Waals surface area contributed by atoms with Gasteiger partial charge in [0, 0.05) is 0 Å². The van der Waals surface area contributed by atoms with E-state index in [2.05, 4.69) is 0 Å². The first kappa shape index (κ1) is 27.2. The van der Waals surface area contributed by atoms with Crippen molar-refractivity contribution >= 4 is 30.4 Å². The monoisotopic (exact) mass is 530 g/mol. The lowest BCUT2D eigenvalue weighted by molar-refractivity contribution is -0.180. The molecule has 0 aliphatic heterocycles. The van der Waals surface area contributed by atoms with Gasteiger partial charge in [0.15, 0.2) is 29.5 Å². The van der Waals surface area contributed by atoms with Gasteiger partial charge in [0.1, 0.15) is 0 Å². The first-order valence-corrected chi connectivity index (χ1v) is 12.2. The molecule has 0 radical (unpaired) electrons. The fourth-order valence-electron chi connectivity index (χ4n) is 3.10. The summed E-state index contributed by atoms with van der Waals surface area (Å²) in [6.07, 6.45) is -21.9. The standard InChI is InChI=1S/C18H15F9O4S2/c19-16(20,21)7-8-32(28,29)15(13-6-5-11-3-1-2-4-12(11)9-13)33(30,31)14(18(25,26)27)10-17(22,23)24/h1-6,9,14-15H,7-8,10H2. The summed E-state index contributed by atoms with van der Waals surface area (Å²) in [4.78, 5) is 0. The van der Waals surface area contributed by atoms with E-state index in [1.807, 2.05) is 0 Å². The van der Waals surface area contributed by atoms with Crippen LogP contribution in [-0.2, 0) is 19.7 Å². The fraction of sp³-hybridized carbons (Fsp3) is 0.444. The lowest BCUT2D eigenvalue weighted by Crippen LogP contribution is -2.44. The highest BCUT2D eigenvalue weighted by molar-refractivity contribution is 8.08. The van der Waals surface area contributed by atoms with Crippen molar-refractivity contribution in [2.24, 2.45) is 0 Å². The minimum Gasteiger partial charge on any atom is -0.227 e. The van der Waals surface area contributed by atoms with Gasteiger partial charge in [0.05, 0.1) is 18.6 Å². The third-order valence-corrected chi connectivity index (χ3v) is 10.00. The van der Waals surface area contributed by atoms with Crippen molar-refractivity contribution in [2.75, 3.05) is 5.75 Å². The highest BCUT2D eigenvalue weighted by atomic mass is 32.3. The number of halogens is 9. The van der Waals surface area contributed by atoms with Crippen LogP contribution in [0.1, 0.15) is 23.0 Å². The molecule has 2 atom stereocenters. The molecule has 0 heterocycles. The predicted molar refractivity (Wildman–Crippen MR) is 101 cm³/mol. The number of alkyl halides is 9. The second-order valence-corrected chi connectivity index (χ2v) is 11.8. The topological polar surface area (TPSA) is 68.3 Å². The second-order valence-electron chi connectivity index (χ2n) is 7.11. The van der Waals surface area contributed by atoms with Crippen molar-refractivity contribution < 1.29 is 56.3 Å². The highest BCUT2D eigenvalue weighted by Crippen LogP contribution is 2.43. The molecule has 0 saturated heterocycles. The third-order valence-electron chi connectivity index (χ3n) is 4.52. The van der Waals surface area contributed by atoms with Gasteiger partial charge < -0.3 is 0 Å². The Balaban J connectivity index is 2.76. The molecule has 0 spiro atoms. The molecule has 2 aromatic rings. The van der Waals surface area contributed by atoms with Crippen LogP contribution in [-0.4, -0.2) is 46.4 Å². The largest absolute Gasteiger partial charge is 0.405 e. The number of fused-ring (bicyclic) bond motifs is 1. The van der Waals surface area contributed by atoms with Gasteiger partial charge >= 0.3 is 18.5 Å². The van der Waals surface area contributed by atoms with E-state index in [0.717, 1.165) is 18.2 Å². The minimum absolute atomic E-state index is 0.112. The van der Waals surface area contributed by atoms with Crippen LogP contribution in [0.25, 0.3) is 10.8 Å². The summed E-state index contributed by atoms with van der Waals surface area (Å²) in [5.41, 5.74) is -0.896. The van der Waals surface area contributed by atoms with Crippen LogP contribution >= 0.6 is 0 Å². The van der Waals surface area contributed by atoms with Gasteiger partial charge in [-0.15, -0.1) is 0 Å². The van der Waals surface area contributed by atoms with Crippen LogP contribution < -0.4 is 0 Å². The number of benzene rings is 2. The molecule has 186 valence electrons.